The molecule has 3 heterocycles. The molecule has 0 radical (unpaired) electrons. The first-order valence-electron chi connectivity index (χ1n) is 8.39. The molecule has 3 rings (SSSR count). The molecule has 8 nitrogen and oxygen atoms in total. The van der Waals surface area contributed by atoms with E-state index in [0.29, 0.717) is 25.6 Å². The number of nitrogens with zero attached hydrogens (tertiary/aromatic N) is 5. The topological polar surface area (TPSA) is 77.7 Å². The summed E-state index contributed by atoms with van der Waals surface area (Å²) in [5.41, 5.74) is 0. The fraction of sp³-hybridized carbons (Fsp3) is 0.471. The molecule has 1 saturated heterocycles. The molecule has 2 aromatic rings. The number of furan rings is 1. The number of hydrogen-bond acceptors (Lipinski definition) is 6. The van der Waals surface area contributed by atoms with Gasteiger partial charge in [0.2, 0.25) is 5.95 Å². The van der Waals surface area contributed by atoms with Crippen LogP contribution in [0.4, 0.5) is 10.7 Å². The monoisotopic (exact) mass is 344 g/mol. The van der Waals surface area contributed by atoms with Gasteiger partial charge in [-0.15, -0.1) is 0 Å². The summed E-state index contributed by atoms with van der Waals surface area (Å²) >= 11 is 0. The van der Waals surface area contributed by atoms with Gasteiger partial charge in [0.15, 0.2) is 0 Å². The first kappa shape index (κ1) is 17.2. The highest BCUT2D eigenvalue weighted by atomic mass is 16.3. The van der Waals surface area contributed by atoms with Crippen LogP contribution in [0.25, 0.3) is 0 Å². The number of carbonyl (C=O) groups excluding carboxylic acids is 1. The zero-order chi connectivity index (χ0) is 17.6. The lowest BCUT2D eigenvalue weighted by molar-refractivity contribution is 0.186. The minimum Gasteiger partial charge on any atom is -0.468 e. The Bertz CT molecular complexity index is 653. The van der Waals surface area contributed by atoms with Crippen LogP contribution in [0.3, 0.4) is 0 Å². The van der Waals surface area contributed by atoms with Crippen molar-refractivity contribution in [1.29, 1.82) is 0 Å². The van der Waals surface area contributed by atoms with Crippen molar-refractivity contribution in [3.63, 3.8) is 0 Å². The van der Waals surface area contributed by atoms with Crippen molar-refractivity contribution in [3.8, 4) is 0 Å². The van der Waals surface area contributed by atoms with Gasteiger partial charge in [-0.25, -0.2) is 14.8 Å². The number of amides is 2. The first-order chi connectivity index (χ1) is 12.1. The second kappa shape index (κ2) is 7.98. The van der Waals surface area contributed by atoms with E-state index in [1.54, 1.807) is 24.7 Å². The molecule has 0 bridgehead atoms. The van der Waals surface area contributed by atoms with Crippen LogP contribution in [-0.4, -0.2) is 72.6 Å². The summed E-state index contributed by atoms with van der Waals surface area (Å²) in [6, 6.07) is 5.55. The maximum Gasteiger partial charge on any atom is 0.317 e. The third kappa shape index (κ3) is 4.27. The highest BCUT2D eigenvalue weighted by molar-refractivity contribution is 5.74. The van der Waals surface area contributed by atoms with Crippen molar-refractivity contribution >= 4 is 12.0 Å². The second-order valence-electron chi connectivity index (χ2n) is 6.20. The number of hydrogen-bond donors (Lipinski definition) is 1. The number of piperazine rings is 1. The van der Waals surface area contributed by atoms with Crippen molar-refractivity contribution in [2.75, 3.05) is 51.7 Å². The van der Waals surface area contributed by atoms with Crippen LogP contribution >= 0.6 is 0 Å². The number of anilines is 1. The standard InChI is InChI=1S/C17H24N6O2/c1-21(2)14(15-5-3-12-25-15)13-20-17(24)23-10-8-22(9-11-23)16-18-6-4-7-19-16/h3-7,12,14H,8-11,13H2,1-2H3,(H,20,24). The molecule has 0 saturated carbocycles. The molecule has 1 N–H and O–H groups in total. The van der Waals surface area contributed by atoms with E-state index in [2.05, 4.69) is 20.2 Å². The first-order valence-corrected chi connectivity index (χ1v) is 8.39. The molecule has 2 aromatic heterocycles. The Hall–Kier alpha value is -2.61. The highest BCUT2D eigenvalue weighted by Crippen LogP contribution is 2.17. The Morgan fingerprint density at radius 2 is 1.96 bits per heavy atom. The summed E-state index contributed by atoms with van der Waals surface area (Å²) in [4.78, 5) is 26.9. The number of urea groups is 1. The van der Waals surface area contributed by atoms with Gasteiger partial charge >= 0.3 is 6.03 Å². The average molecular weight is 344 g/mol. The summed E-state index contributed by atoms with van der Waals surface area (Å²) in [7, 11) is 3.94. The molecule has 2 amide bonds. The highest BCUT2D eigenvalue weighted by Gasteiger charge is 2.24. The lowest BCUT2D eigenvalue weighted by Gasteiger charge is -2.35. The van der Waals surface area contributed by atoms with Crippen LogP contribution < -0.4 is 10.2 Å². The molecule has 134 valence electrons. The zero-order valence-electron chi connectivity index (χ0n) is 14.6. The van der Waals surface area contributed by atoms with E-state index >= 15 is 0 Å². The normalized spacial score (nSPS) is 16.1. The Morgan fingerprint density at radius 3 is 2.56 bits per heavy atom. The van der Waals surface area contributed by atoms with Gasteiger partial charge in [0.05, 0.1) is 12.3 Å². The molecular formula is C17H24N6O2. The van der Waals surface area contributed by atoms with Gasteiger partial charge in [-0.2, -0.15) is 0 Å². The smallest absolute Gasteiger partial charge is 0.317 e. The molecule has 8 heteroatoms. The van der Waals surface area contributed by atoms with Gasteiger partial charge < -0.3 is 19.5 Å². The summed E-state index contributed by atoms with van der Waals surface area (Å²) in [6.07, 6.45) is 5.12. The number of likely N-dealkylation sites (N-methyl/N-ethyl adjacent to an activating group) is 1. The molecule has 0 aromatic carbocycles. The molecule has 1 atom stereocenters. The molecule has 0 spiro atoms. The Morgan fingerprint density at radius 1 is 1.24 bits per heavy atom. The maximum absolute atomic E-state index is 12.5. The molecule has 0 aliphatic carbocycles. The lowest BCUT2D eigenvalue weighted by Crippen LogP contribution is -2.53. The Kier molecular flexibility index (Phi) is 5.49. The summed E-state index contributed by atoms with van der Waals surface area (Å²) in [6.45, 7) is 3.26. The van der Waals surface area contributed by atoms with Gasteiger partial charge in [-0.3, -0.25) is 4.90 Å². The second-order valence-corrected chi connectivity index (χ2v) is 6.20. The predicted molar refractivity (Wildman–Crippen MR) is 94.4 cm³/mol. The molecule has 25 heavy (non-hydrogen) atoms. The Labute approximate surface area is 147 Å². The zero-order valence-corrected chi connectivity index (χ0v) is 14.6. The van der Waals surface area contributed by atoms with Crippen molar-refractivity contribution < 1.29 is 9.21 Å². The van der Waals surface area contributed by atoms with E-state index in [-0.39, 0.29) is 12.1 Å². The summed E-state index contributed by atoms with van der Waals surface area (Å²) < 4.78 is 5.47. The minimum absolute atomic E-state index is 0.0120. The Balaban J connectivity index is 1.49. The number of rotatable bonds is 5. The van der Waals surface area contributed by atoms with Crippen LogP contribution in [0.1, 0.15) is 11.8 Å². The summed E-state index contributed by atoms with van der Waals surface area (Å²) in [5.74, 6) is 1.56. The van der Waals surface area contributed by atoms with Crippen LogP contribution in [0.15, 0.2) is 41.3 Å². The quantitative estimate of drug-likeness (QED) is 0.878. The van der Waals surface area contributed by atoms with Crippen molar-refractivity contribution in [2.45, 2.75) is 6.04 Å². The van der Waals surface area contributed by atoms with E-state index in [0.717, 1.165) is 18.8 Å². The maximum atomic E-state index is 12.5. The SMILES string of the molecule is CN(C)C(CNC(=O)N1CCN(c2ncccn2)CC1)c1ccco1. The fourth-order valence-electron chi connectivity index (χ4n) is 2.88. The molecule has 1 aliphatic rings. The molecular weight excluding hydrogens is 320 g/mol. The van der Waals surface area contributed by atoms with Gasteiger partial charge in [0.25, 0.3) is 0 Å². The predicted octanol–water partition coefficient (Wildman–Crippen LogP) is 1.20. The van der Waals surface area contributed by atoms with Crippen LogP contribution in [0.2, 0.25) is 0 Å². The van der Waals surface area contributed by atoms with E-state index < -0.39 is 0 Å². The minimum atomic E-state index is -0.0490. The lowest BCUT2D eigenvalue weighted by atomic mass is 10.2. The number of aromatic nitrogens is 2. The van der Waals surface area contributed by atoms with Crippen molar-refractivity contribution in [2.24, 2.45) is 0 Å². The van der Waals surface area contributed by atoms with Crippen molar-refractivity contribution in [1.82, 2.24) is 25.1 Å². The summed E-state index contributed by atoms with van der Waals surface area (Å²) in [5, 5.41) is 3.01. The molecule has 1 fully saturated rings. The van der Waals surface area contributed by atoms with Gasteiger partial charge in [0.1, 0.15) is 5.76 Å². The third-order valence-electron chi connectivity index (χ3n) is 4.34. The average Bonchev–Trinajstić information content (AvgIpc) is 3.16. The van der Waals surface area contributed by atoms with E-state index in [1.807, 2.05) is 36.0 Å². The van der Waals surface area contributed by atoms with Crippen LogP contribution in [0.5, 0.6) is 0 Å². The van der Waals surface area contributed by atoms with Crippen molar-refractivity contribution in [3.05, 3.63) is 42.6 Å². The van der Waals surface area contributed by atoms with E-state index in [1.165, 1.54) is 0 Å². The van der Waals surface area contributed by atoms with Gasteiger partial charge in [-0.05, 0) is 32.3 Å². The van der Waals surface area contributed by atoms with Gasteiger partial charge in [0, 0.05) is 45.1 Å². The number of nitrogens with one attached hydrogen (secondary N) is 1. The van der Waals surface area contributed by atoms with Crippen LogP contribution in [-0.2, 0) is 0 Å². The third-order valence-corrected chi connectivity index (χ3v) is 4.34. The van der Waals surface area contributed by atoms with E-state index in [4.69, 9.17) is 4.42 Å². The van der Waals surface area contributed by atoms with Crippen LogP contribution in [0, 0.1) is 0 Å². The van der Waals surface area contributed by atoms with E-state index in [9.17, 15) is 4.79 Å². The number of carbonyl (C=O) groups is 1. The van der Waals surface area contributed by atoms with Gasteiger partial charge in [-0.1, -0.05) is 0 Å². The molecule has 1 aliphatic heterocycles. The fourth-order valence-corrected chi connectivity index (χ4v) is 2.88. The largest absolute Gasteiger partial charge is 0.468 e. The molecule has 1 unspecified atom stereocenters.